The molecule has 1 atom stereocenters. The highest BCUT2D eigenvalue weighted by Gasteiger charge is 2.21. The van der Waals surface area contributed by atoms with Gasteiger partial charge in [0.2, 0.25) is 0 Å². The smallest absolute Gasteiger partial charge is 0.126 e. The predicted octanol–water partition coefficient (Wildman–Crippen LogP) is 1.80. The first-order valence-corrected chi connectivity index (χ1v) is 5.84. The van der Waals surface area contributed by atoms with Crippen molar-refractivity contribution in [3.05, 3.63) is 53.1 Å². The minimum atomic E-state index is -0.843. The molecule has 0 fully saturated rings. The van der Waals surface area contributed by atoms with Crippen LogP contribution >= 0.6 is 11.6 Å². The lowest BCUT2D eigenvalue weighted by molar-refractivity contribution is 0.211. The highest BCUT2D eigenvalue weighted by molar-refractivity contribution is 6.31. The molecule has 0 aromatic carbocycles. The van der Waals surface area contributed by atoms with Crippen LogP contribution in [0.2, 0.25) is 5.02 Å². The van der Waals surface area contributed by atoms with Gasteiger partial charge in [-0.3, -0.25) is 4.68 Å². The molecule has 0 amide bonds. The van der Waals surface area contributed by atoms with Crippen molar-refractivity contribution in [3.8, 4) is 0 Å². The van der Waals surface area contributed by atoms with E-state index in [0.29, 0.717) is 16.3 Å². The number of halogens is 1. The maximum absolute atomic E-state index is 10.4. The molecule has 0 spiro atoms. The fourth-order valence-corrected chi connectivity index (χ4v) is 2.31. The van der Waals surface area contributed by atoms with Gasteiger partial charge in [0.25, 0.3) is 0 Å². The van der Waals surface area contributed by atoms with E-state index < -0.39 is 6.10 Å². The molecule has 18 heavy (non-hydrogen) atoms. The van der Waals surface area contributed by atoms with Gasteiger partial charge in [0.15, 0.2) is 0 Å². The van der Waals surface area contributed by atoms with Crippen molar-refractivity contribution in [3.63, 3.8) is 0 Å². The molecular formula is C12H11ClN4O. The molecule has 0 aliphatic heterocycles. The van der Waals surface area contributed by atoms with E-state index in [1.165, 1.54) is 6.20 Å². The SMILES string of the molecule is Cn1ncc(Cl)c1C(O)c1cnn2ccccc12. The molecule has 0 radical (unpaired) electrons. The van der Waals surface area contributed by atoms with Gasteiger partial charge in [-0.15, -0.1) is 0 Å². The molecule has 0 saturated heterocycles. The van der Waals surface area contributed by atoms with E-state index >= 15 is 0 Å². The Balaban J connectivity index is 2.15. The Bertz CT molecular complexity index is 683. The Morgan fingerprint density at radius 1 is 1.28 bits per heavy atom. The molecule has 0 aliphatic carbocycles. The fraction of sp³-hybridized carbons (Fsp3) is 0.167. The van der Waals surface area contributed by atoms with Crippen molar-refractivity contribution in [2.45, 2.75) is 6.10 Å². The molecule has 0 aliphatic rings. The maximum atomic E-state index is 10.4. The second-order valence-corrected chi connectivity index (χ2v) is 4.44. The van der Waals surface area contributed by atoms with E-state index in [9.17, 15) is 5.11 Å². The number of pyridine rings is 1. The molecule has 0 saturated carbocycles. The summed E-state index contributed by atoms with van der Waals surface area (Å²) in [5.41, 5.74) is 2.12. The zero-order valence-corrected chi connectivity index (χ0v) is 10.4. The molecular weight excluding hydrogens is 252 g/mol. The van der Waals surface area contributed by atoms with Crippen LogP contribution in [-0.2, 0) is 7.05 Å². The van der Waals surface area contributed by atoms with Crippen LogP contribution in [0.15, 0.2) is 36.8 Å². The molecule has 1 N–H and O–H groups in total. The van der Waals surface area contributed by atoms with Crippen molar-refractivity contribution >= 4 is 17.1 Å². The van der Waals surface area contributed by atoms with Gasteiger partial charge in [0.05, 0.1) is 28.6 Å². The quantitative estimate of drug-likeness (QED) is 0.766. The highest BCUT2D eigenvalue weighted by Crippen LogP contribution is 2.29. The number of rotatable bonds is 2. The Labute approximate surface area is 108 Å². The van der Waals surface area contributed by atoms with Crippen LogP contribution in [0.5, 0.6) is 0 Å². The Morgan fingerprint density at radius 3 is 2.83 bits per heavy atom. The third-order valence-electron chi connectivity index (χ3n) is 2.95. The maximum Gasteiger partial charge on any atom is 0.126 e. The zero-order valence-electron chi connectivity index (χ0n) is 9.66. The number of aliphatic hydroxyl groups excluding tert-OH is 1. The minimum absolute atomic E-state index is 0.445. The number of fused-ring (bicyclic) bond motifs is 1. The summed E-state index contributed by atoms with van der Waals surface area (Å²) in [6, 6.07) is 5.68. The third kappa shape index (κ3) is 1.60. The monoisotopic (exact) mass is 262 g/mol. The van der Waals surface area contributed by atoms with Crippen LogP contribution in [0.25, 0.3) is 5.52 Å². The van der Waals surface area contributed by atoms with Gasteiger partial charge in [0.1, 0.15) is 6.10 Å². The first kappa shape index (κ1) is 11.3. The van der Waals surface area contributed by atoms with E-state index in [0.717, 1.165) is 5.52 Å². The minimum Gasteiger partial charge on any atom is -0.382 e. The van der Waals surface area contributed by atoms with Gasteiger partial charge in [-0.2, -0.15) is 10.2 Å². The second-order valence-electron chi connectivity index (χ2n) is 4.03. The van der Waals surface area contributed by atoms with Crippen LogP contribution in [0.1, 0.15) is 17.4 Å². The summed E-state index contributed by atoms with van der Waals surface area (Å²) in [5.74, 6) is 0. The molecule has 3 aromatic rings. The first-order valence-electron chi connectivity index (χ1n) is 5.46. The summed E-state index contributed by atoms with van der Waals surface area (Å²) in [6.45, 7) is 0. The van der Waals surface area contributed by atoms with Gasteiger partial charge in [-0.25, -0.2) is 4.52 Å². The second kappa shape index (κ2) is 4.12. The summed E-state index contributed by atoms with van der Waals surface area (Å²) < 4.78 is 3.28. The average Bonchev–Trinajstić information content (AvgIpc) is 2.93. The van der Waals surface area contributed by atoms with E-state index in [1.807, 2.05) is 24.4 Å². The lowest BCUT2D eigenvalue weighted by atomic mass is 10.1. The Hall–Kier alpha value is -1.85. The zero-order chi connectivity index (χ0) is 12.7. The first-order chi connectivity index (χ1) is 8.68. The normalized spacial score (nSPS) is 13.1. The summed E-state index contributed by atoms with van der Waals surface area (Å²) in [7, 11) is 1.75. The molecule has 1 unspecified atom stereocenters. The summed E-state index contributed by atoms with van der Waals surface area (Å²) in [4.78, 5) is 0. The topological polar surface area (TPSA) is 55.3 Å². The average molecular weight is 263 g/mol. The van der Waals surface area contributed by atoms with E-state index in [2.05, 4.69) is 10.2 Å². The van der Waals surface area contributed by atoms with Crippen molar-refractivity contribution < 1.29 is 5.11 Å². The third-order valence-corrected chi connectivity index (χ3v) is 3.24. The van der Waals surface area contributed by atoms with Gasteiger partial charge in [-0.1, -0.05) is 17.7 Å². The van der Waals surface area contributed by atoms with Gasteiger partial charge < -0.3 is 5.11 Å². The molecule has 3 heterocycles. The predicted molar refractivity (Wildman–Crippen MR) is 67.5 cm³/mol. The van der Waals surface area contributed by atoms with Crippen LogP contribution in [0, 0.1) is 0 Å². The van der Waals surface area contributed by atoms with Crippen LogP contribution in [-0.4, -0.2) is 24.5 Å². The van der Waals surface area contributed by atoms with Gasteiger partial charge in [-0.05, 0) is 12.1 Å². The number of aromatic nitrogens is 4. The Morgan fingerprint density at radius 2 is 2.11 bits per heavy atom. The van der Waals surface area contributed by atoms with E-state index in [1.54, 1.807) is 22.4 Å². The van der Waals surface area contributed by atoms with Crippen molar-refractivity contribution in [1.82, 2.24) is 19.4 Å². The molecule has 3 rings (SSSR count). The number of aryl methyl sites for hydroxylation is 1. The van der Waals surface area contributed by atoms with Crippen LogP contribution < -0.4 is 0 Å². The molecule has 6 heteroatoms. The van der Waals surface area contributed by atoms with Crippen LogP contribution in [0.4, 0.5) is 0 Å². The van der Waals surface area contributed by atoms with Crippen molar-refractivity contribution in [2.24, 2.45) is 7.05 Å². The van der Waals surface area contributed by atoms with Crippen LogP contribution in [0.3, 0.4) is 0 Å². The Kier molecular flexibility index (Phi) is 2.57. The van der Waals surface area contributed by atoms with Gasteiger partial charge in [0, 0.05) is 18.8 Å². The molecule has 5 nitrogen and oxygen atoms in total. The van der Waals surface area contributed by atoms with Gasteiger partial charge >= 0.3 is 0 Å². The fourth-order valence-electron chi connectivity index (χ4n) is 2.04. The number of hydrogen-bond donors (Lipinski definition) is 1. The largest absolute Gasteiger partial charge is 0.382 e. The lowest BCUT2D eigenvalue weighted by Crippen LogP contribution is -2.07. The number of hydrogen-bond acceptors (Lipinski definition) is 3. The highest BCUT2D eigenvalue weighted by atomic mass is 35.5. The molecule has 0 bridgehead atoms. The van der Waals surface area contributed by atoms with Crippen molar-refractivity contribution in [1.29, 1.82) is 0 Å². The van der Waals surface area contributed by atoms with E-state index in [4.69, 9.17) is 11.6 Å². The summed E-state index contributed by atoms with van der Waals surface area (Å²) in [6.07, 6.45) is 4.15. The van der Waals surface area contributed by atoms with Crippen molar-refractivity contribution in [2.75, 3.05) is 0 Å². The summed E-state index contributed by atoms with van der Waals surface area (Å²) in [5, 5.41) is 19.1. The summed E-state index contributed by atoms with van der Waals surface area (Å²) >= 11 is 6.04. The molecule has 92 valence electrons. The van der Waals surface area contributed by atoms with E-state index in [-0.39, 0.29) is 0 Å². The number of aliphatic hydroxyl groups is 1. The lowest BCUT2D eigenvalue weighted by Gasteiger charge is -2.10. The molecule has 3 aromatic heterocycles. The number of nitrogens with zero attached hydrogens (tertiary/aromatic N) is 4. The standard InChI is InChI=1S/C12H11ClN4O/c1-16-11(9(13)7-14-16)12(18)8-6-15-17-5-3-2-4-10(8)17/h2-7,12,18H,1H3.